The Morgan fingerprint density at radius 2 is 1.84 bits per heavy atom. The third kappa shape index (κ3) is 4.32. The molecule has 0 radical (unpaired) electrons. The van der Waals surface area contributed by atoms with Crippen molar-refractivity contribution in [2.24, 2.45) is 5.73 Å². The minimum absolute atomic E-state index is 0. The maximum atomic E-state index is 12.7. The Morgan fingerprint density at radius 1 is 1.20 bits per heavy atom. The molecule has 3 rings (SSSR count). The van der Waals surface area contributed by atoms with Crippen LogP contribution in [0.4, 0.5) is 5.69 Å². The zero-order valence-corrected chi connectivity index (χ0v) is 15.6. The molecule has 0 atom stereocenters. The van der Waals surface area contributed by atoms with E-state index in [-0.39, 0.29) is 23.2 Å². The number of anilines is 1. The number of hydrogen-bond donors (Lipinski definition) is 2. The van der Waals surface area contributed by atoms with Gasteiger partial charge in [-0.15, -0.1) is 12.4 Å². The molecule has 2 aliphatic rings. The first-order chi connectivity index (χ1) is 11.4. The van der Waals surface area contributed by atoms with Crippen LogP contribution in [0.15, 0.2) is 29.2 Å². The Labute approximate surface area is 154 Å². The number of nitrogens with one attached hydrogen (secondary N) is 1. The van der Waals surface area contributed by atoms with E-state index >= 15 is 0 Å². The summed E-state index contributed by atoms with van der Waals surface area (Å²) in [6.45, 7) is 1.46. The molecule has 1 aromatic rings. The number of rotatable bonds is 4. The number of carbonyl (C=O) groups excluding carboxylic acids is 1. The van der Waals surface area contributed by atoms with E-state index in [1.54, 1.807) is 12.1 Å². The number of ether oxygens (including phenoxy) is 1. The summed E-state index contributed by atoms with van der Waals surface area (Å²) >= 11 is 0. The third-order valence-electron chi connectivity index (χ3n) is 4.65. The number of morpholine rings is 1. The molecule has 1 aliphatic carbocycles. The van der Waals surface area contributed by atoms with Crippen molar-refractivity contribution in [3.63, 3.8) is 0 Å². The van der Waals surface area contributed by atoms with E-state index in [4.69, 9.17) is 10.5 Å². The molecular weight excluding hydrogens is 366 g/mol. The van der Waals surface area contributed by atoms with Crippen molar-refractivity contribution in [2.45, 2.75) is 36.1 Å². The van der Waals surface area contributed by atoms with Crippen LogP contribution < -0.4 is 11.1 Å². The molecule has 0 unspecified atom stereocenters. The van der Waals surface area contributed by atoms with Gasteiger partial charge in [-0.2, -0.15) is 4.31 Å². The van der Waals surface area contributed by atoms with Gasteiger partial charge in [0.15, 0.2) is 0 Å². The van der Waals surface area contributed by atoms with E-state index in [0.29, 0.717) is 44.8 Å². The summed E-state index contributed by atoms with van der Waals surface area (Å²) in [6, 6.07) is 6.32. The molecule has 1 aromatic carbocycles. The summed E-state index contributed by atoms with van der Waals surface area (Å²) in [5, 5.41) is 2.77. The van der Waals surface area contributed by atoms with E-state index in [1.807, 2.05) is 0 Å². The lowest BCUT2D eigenvalue weighted by Gasteiger charge is -2.26. The van der Waals surface area contributed by atoms with E-state index in [2.05, 4.69) is 5.32 Å². The molecule has 7 nitrogen and oxygen atoms in total. The van der Waals surface area contributed by atoms with Gasteiger partial charge < -0.3 is 15.8 Å². The average Bonchev–Trinajstić information content (AvgIpc) is 3.04. The van der Waals surface area contributed by atoms with Gasteiger partial charge in [0.05, 0.1) is 23.6 Å². The molecule has 1 heterocycles. The fraction of sp³-hybridized carbons (Fsp3) is 0.562. The van der Waals surface area contributed by atoms with Gasteiger partial charge in [0.25, 0.3) is 0 Å². The quantitative estimate of drug-likeness (QED) is 0.809. The van der Waals surface area contributed by atoms with Crippen molar-refractivity contribution in [3.05, 3.63) is 24.3 Å². The van der Waals surface area contributed by atoms with Crippen LogP contribution in [0.25, 0.3) is 0 Å². The number of halogens is 1. The SMILES string of the molecule is Cl.NC1(C(=O)Nc2cccc(S(=O)(=O)N3CCOCC3)c2)CCCC1. The Hall–Kier alpha value is -1.19. The molecule has 2 fully saturated rings. The number of benzene rings is 1. The van der Waals surface area contributed by atoms with E-state index in [9.17, 15) is 13.2 Å². The minimum atomic E-state index is -3.58. The fourth-order valence-corrected chi connectivity index (χ4v) is 4.61. The standard InChI is InChI=1S/C16H23N3O4S.ClH/c17-16(6-1-2-7-16)15(20)18-13-4-3-5-14(12-13)24(21,22)19-8-10-23-11-9-19;/h3-5,12H,1-2,6-11,17H2,(H,18,20);1H. The maximum absolute atomic E-state index is 12.7. The van der Waals surface area contributed by atoms with Crippen LogP contribution >= 0.6 is 12.4 Å². The number of nitrogens with two attached hydrogens (primary N) is 1. The Balaban J connectivity index is 0.00000225. The second-order valence-electron chi connectivity index (χ2n) is 6.36. The van der Waals surface area contributed by atoms with Crippen LogP contribution in [0.5, 0.6) is 0 Å². The fourth-order valence-electron chi connectivity index (χ4n) is 3.16. The lowest BCUT2D eigenvalue weighted by molar-refractivity contribution is -0.121. The first-order valence-corrected chi connectivity index (χ1v) is 9.64. The number of nitrogens with zero attached hydrogens (tertiary/aromatic N) is 1. The van der Waals surface area contributed by atoms with Gasteiger partial charge in [-0.3, -0.25) is 4.79 Å². The van der Waals surface area contributed by atoms with Crippen molar-refractivity contribution in [2.75, 3.05) is 31.6 Å². The average molecular weight is 390 g/mol. The highest BCUT2D eigenvalue weighted by atomic mass is 35.5. The van der Waals surface area contributed by atoms with Crippen molar-refractivity contribution < 1.29 is 17.9 Å². The lowest BCUT2D eigenvalue weighted by Crippen LogP contribution is -2.48. The molecule has 1 amide bonds. The second-order valence-corrected chi connectivity index (χ2v) is 8.30. The molecule has 140 valence electrons. The molecule has 0 spiro atoms. The molecule has 0 bridgehead atoms. The van der Waals surface area contributed by atoms with Crippen LogP contribution in [0, 0.1) is 0 Å². The summed E-state index contributed by atoms with van der Waals surface area (Å²) in [7, 11) is -3.58. The molecule has 25 heavy (non-hydrogen) atoms. The number of amides is 1. The van der Waals surface area contributed by atoms with Crippen LogP contribution in [0.2, 0.25) is 0 Å². The summed E-state index contributed by atoms with van der Waals surface area (Å²) in [6.07, 6.45) is 3.19. The predicted molar refractivity (Wildman–Crippen MR) is 97.3 cm³/mol. The number of hydrogen-bond acceptors (Lipinski definition) is 5. The molecule has 1 saturated carbocycles. The Kier molecular flexibility index (Phi) is 6.45. The van der Waals surface area contributed by atoms with Gasteiger partial charge in [0, 0.05) is 18.8 Å². The molecule has 3 N–H and O–H groups in total. The monoisotopic (exact) mass is 389 g/mol. The van der Waals surface area contributed by atoms with Crippen LogP contribution in [-0.2, 0) is 19.6 Å². The molecule has 1 aliphatic heterocycles. The van der Waals surface area contributed by atoms with Crippen LogP contribution in [-0.4, -0.2) is 50.5 Å². The molecular formula is C16H24ClN3O4S. The topological polar surface area (TPSA) is 102 Å². The van der Waals surface area contributed by atoms with E-state index < -0.39 is 15.6 Å². The first kappa shape index (κ1) is 20.1. The Morgan fingerprint density at radius 3 is 2.48 bits per heavy atom. The minimum Gasteiger partial charge on any atom is -0.379 e. The second kappa shape index (κ2) is 8.01. The van der Waals surface area contributed by atoms with Crippen molar-refractivity contribution in [1.29, 1.82) is 0 Å². The van der Waals surface area contributed by atoms with Crippen LogP contribution in [0.3, 0.4) is 0 Å². The highest BCUT2D eigenvalue weighted by Gasteiger charge is 2.37. The molecule has 9 heteroatoms. The first-order valence-electron chi connectivity index (χ1n) is 8.20. The predicted octanol–water partition coefficient (Wildman–Crippen LogP) is 1.34. The summed E-state index contributed by atoms with van der Waals surface area (Å²) < 4.78 is 32.0. The third-order valence-corrected chi connectivity index (χ3v) is 6.54. The summed E-state index contributed by atoms with van der Waals surface area (Å²) in [5.74, 6) is -0.249. The molecule has 0 aromatic heterocycles. The highest BCUT2D eigenvalue weighted by Crippen LogP contribution is 2.29. The van der Waals surface area contributed by atoms with Gasteiger partial charge in [0.2, 0.25) is 15.9 Å². The Bertz CT molecular complexity index is 714. The van der Waals surface area contributed by atoms with Gasteiger partial charge in [-0.1, -0.05) is 18.9 Å². The zero-order chi connectivity index (χ0) is 17.2. The van der Waals surface area contributed by atoms with Crippen molar-refractivity contribution in [1.82, 2.24) is 4.31 Å². The normalized spacial score (nSPS) is 20.7. The van der Waals surface area contributed by atoms with Crippen LogP contribution in [0.1, 0.15) is 25.7 Å². The van der Waals surface area contributed by atoms with Gasteiger partial charge in [-0.05, 0) is 31.0 Å². The van der Waals surface area contributed by atoms with Gasteiger partial charge in [0.1, 0.15) is 0 Å². The largest absolute Gasteiger partial charge is 0.379 e. The summed E-state index contributed by atoms with van der Waals surface area (Å²) in [4.78, 5) is 12.6. The smallest absolute Gasteiger partial charge is 0.244 e. The highest BCUT2D eigenvalue weighted by molar-refractivity contribution is 7.89. The van der Waals surface area contributed by atoms with Gasteiger partial charge in [-0.25, -0.2) is 8.42 Å². The lowest BCUT2D eigenvalue weighted by atomic mass is 9.98. The number of carbonyl (C=O) groups is 1. The van der Waals surface area contributed by atoms with Gasteiger partial charge >= 0.3 is 0 Å². The number of sulfonamides is 1. The van der Waals surface area contributed by atoms with E-state index in [0.717, 1.165) is 12.8 Å². The zero-order valence-electron chi connectivity index (χ0n) is 13.9. The van der Waals surface area contributed by atoms with Crippen molar-refractivity contribution >= 4 is 34.0 Å². The van der Waals surface area contributed by atoms with E-state index in [1.165, 1.54) is 16.4 Å². The van der Waals surface area contributed by atoms with Crippen molar-refractivity contribution in [3.8, 4) is 0 Å². The maximum Gasteiger partial charge on any atom is 0.244 e. The summed E-state index contributed by atoms with van der Waals surface area (Å²) in [5.41, 5.74) is 5.74. The molecule has 1 saturated heterocycles.